The van der Waals surface area contributed by atoms with Crippen molar-refractivity contribution < 1.29 is 9.59 Å². The maximum atomic E-state index is 13.1. The van der Waals surface area contributed by atoms with Gasteiger partial charge in [0.2, 0.25) is 0 Å². The van der Waals surface area contributed by atoms with Crippen LogP contribution >= 0.6 is 34.8 Å². The number of rotatable bonds is 4. The molecule has 2 amide bonds. The number of nitrogens with zero attached hydrogens (tertiary/aromatic N) is 5. The van der Waals surface area contributed by atoms with Gasteiger partial charge in [-0.1, -0.05) is 46.9 Å². The number of hydrogen-bond acceptors (Lipinski definition) is 4. The fraction of sp³-hybridized carbons (Fsp3) is 0.292. The molecule has 1 fully saturated rings. The molecular formula is C24H22Cl3N5O2. The van der Waals surface area contributed by atoms with Gasteiger partial charge in [0.15, 0.2) is 5.69 Å². The number of piperazine rings is 1. The molecule has 34 heavy (non-hydrogen) atoms. The minimum atomic E-state index is -0.195. The number of carbonyl (C=O) groups excluding carboxylic acids is 2. The van der Waals surface area contributed by atoms with Crippen LogP contribution in [-0.4, -0.2) is 64.1 Å². The molecule has 5 rings (SSSR count). The van der Waals surface area contributed by atoms with Crippen LogP contribution in [0.2, 0.25) is 15.1 Å². The van der Waals surface area contributed by atoms with Gasteiger partial charge in [-0.25, -0.2) is 0 Å². The quantitative estimate of drug-likeness (QED) is 0.512. The van der Waals surface area contributed by atoms with Crippen LogP contribution in [0.4, 0.5) is 5.69 Å². The minimum Gasteiger partial charge on any atom is -0.368 e. The molecule has 0 bridgehead atoms. The number of anilines is 1. The van der Waals surface area contributed by atoms with E-state index in [-0.39, 0.29) is 17.5 Å². The van der Waals surface area contributed by atoms with Crippen molar-refractivity contribution in [3.8, 4) is 0 Å². The third-order valence-electron chi connectivity index (χ3n) is 6.24. The predicted octanol–water partition coefficient (Wildman–Crippen LogP) is 4.46. The van der Waals surface area contributed by atoms with E-state index in [0.29, 0.717) is 72.1 Å². The van der Waals surface area contributed by atoms with E-state index in [1.807, 2.05) is 24.3 Å². The van der Waals surface area contributed by atoms with Crippen molar-refractivity contribution in [2.24, 2.45) is 0 Å². The summed E-state index contributed by atoms with van der Waals surface area (Å²) >= 11 is 18.7. The van der Waals surface area contributed by atoms with Crippen LogP contribution in [0.1, 0.15) is 26.5 Å². The molecule has 7 nitrogen and oxygen atoms in total. The van der Waals surface area contributed by atoms with Crippen LogP contribution in [0.25, 0.3) is 0 Å². The Labute approximate surface area is 212 Å². The van der Waals surface area contributed by atoms with Crippen molar-refractivity contribution in [1.82, 2.24) is 19.6 Å². The van der Waals surface area contributed by atoms with E-state index < -0.39 is 0 Å². The van der Waals surface area contributed by atoms with Gasteiger partial charge in [-0.3, -0.25) is 14.3 Å². The number of amides is 2. The van der Waals surface area contributed by atoms with Gasteiger partial charge in [-0.15, -0.1) is 0 Å². The molecule has 176 valence electrons. The molecule has 0 radical (unpaired) electrons. The number of aromatic nitrogens is 2. The van der Waals surface area contributed by atoms with Crippen molar-refractivity contribution in [3.63, 3.8) is 0 Å². The molecule has 3 aromatic rings. The van der Waals surface area contributed by atoms with E-state index in [4.69, 9.17) is 34.8 Å². The lowest BCUT2D eigenvalue weighted by Crippen LogP contribution is -2.48. The van der Waals surface area contributed by atoms with Gasteiger partial charge in [-0.2, -0.15) is 5.10 Å². The second-order valence-corrected chi connectivity index (χ2v) is 9.57. The first-order valence-electron chi connectivity index (χ1n) is 11.0. The van der Waals surface area contributed by atoms with Crippen LogP contribution in [-0.2, 0) is 13.1 Å². The van der Waals surface area contributed by atoms with Crippen LogP contribution < -0.4 is 4.90 Å². The third kappa shape index (κ3) is 4.48. The summed E-state index contributed by atoms with van der Waals surface area (Å²) in [5, 5.41) is 6.17. The molecule has 0 unspecified atom stereocenters. The lowest BCUT2D eigenvalue weighted by molar-refractivity contribution is 0.0680. The molecule has 2 aromatic carbocycles. The summed E-state index contributed by atoms with van der Waals surface area (Å²) in [6.45, 7) is 3.80. The molecule has 0 spiro atoms. The first kappa shape index (κ1) is 23.0. The molecule has 0 saturated carbocycles. The minimum absolute atomic E-state index is 0.166. The standard InChI is InChI=1S/C24H22Cl3N5O2/c25-16-3-1-4-17(13-16)29-7-9-30(10-8-29)23(33)21-14-22-24(34)31(11-12-32(22)28-21)15-18-19(26)5-2-6-20(18)27/h1-6,13-14H,7-12,15H2. The summed E-state index contributed by atoms with van der Waals surface area (Å²) in [4.78, 5) is 31.9. The number of hydrogen-bond donors (Lipinski definition) is 0. The van der Waals surface area contributed by atoms with Crippen LogP contribution in [0, 0.1) is 0 Å². The lowest BCUT2D eigenvalue weighted by atomic mass is 10.1. The zero-order valence-electron chi connectivity index (χ0n) is 18.3. The maximum Gasteiger partial charge on any atom is 0.274 e. The molecule has 0 N–H and O–H groups in total. The SMILES string of the molecule is O=C(c1cc2n(n1)CCN(Cc1c(Cl)cccc1Cl)C2=O)N1CCN(c2cccc(Cl)c2)CC1. The van der Waals surface area contributed by atoms with Gasteiger partial charge < -0.3 is 14.7 Å². The fourth-order valence-corrected chi connectivity index (χ4v) is 5.07. The Morgan fingerprint density at radius 1 is 0.882 bits per heavy atom. The second-order valence-electron chi connectivity index (χ2n) is 8.32. The van der Waals surface area contributed by atoms with Crippen molar-refractivity contribution in [1.29, 1.82) is 0 Å². The number of benzene rings is 2. The van der Waals surface area contributed by atoms with Gasteiger partial charge in [0.05, 0.1) is 6.54 Å². The molecule has 0 atom stereocenters. The van der Waals surface area contributed by atoms with Crippen LogP contribution in [0.3, 0.4) is 0 Å². The molecular weight excluding hydrogens is 497 g/mol. The maximum absolute atomic E-state index is 13.1. The van der Waals surface area contributed by atoms with E-state index >= 15 is 0 Å². The van der Waals surface area contributed by atoms with E-state index in [1.54, 1.807) is 38.7 Å². The summed E-state index contributed by atoms with van der Waals surface area (Å²) < 4.78 is 1.61. The lowest BCUT2D eigenvalue weighted by Gasteiger charge is -2.35. The first-order chi connectivity index (χ1) is 16.4. The van der Waals surface area contributed by atoms with Gasteiger partial charge >= 0.3 is 0 Å². The monoisotopic (exact) mass is 517 g/mol. The predicted molar refractivity (Wildman–Crippen MR) is 133 cm³/mol. The average Bonchev–Trinajstić information content (AvgIpc) is 3.28. The summed E-state index contributed by atoms with van der Waals surface area (Å²) in [7, 11) is 0. The molecule has 0 aliphatic carbocycles. The Morgan fingerprint density at radius 2 is 1.59 bits per heavy atom. The molecule has 2 aliphatic rings. The summed E-state index contributed by atoms with van der Waals surface area (Å²) in [5.41, 5.74) is 2.44. The van der Waals surface area contributed by atoms with Crippen molar-refractivity contribution >= 4 is 52.3 Å². The van der Waals surface area contributed by atoms with Gasteiger partial charge in [0, 0.05) is 71.7 Å². The fourth-order valence-electron chi connectivity index (χ4n) is 4.37. The van der Waals surface area contributed by atoms with Crippen molar-refractivity contribution in [2.45, 2.75) is 13.1 Å². The Hall–Kier alpha value is -2.74. The zero-order valence-corrected chi connectivity index (χ0v) is 20.5. The molecule has 3 heterocycles. The van der Waals surface area contributed by atoms with Gasteiger partial charge in [0.1, 0.15) is 5.69 Å². The third-order valence-corrected chi connectivity index (χ3v) is 7.18. The Kier molecular flexibility index (Phi) is 6.42. The molecule has 2 aliphatic heterocycles. The second kappa shape index (κ2) is 9.49. The molecule has 1 saturated heterocycles. The van der Waals surface area contributed by atoms with Crippen molar-refractivity contribution in [3.05, 3.63) is 80.6 Å². The highest BCUT2D eigenvalue weighted by Crippen LogP contribution is 2.27. The van der Waals surface area contributed by atoms with E-state index in [1.165, 1.54) is 0 Å². The summed E-state index contributed by atoms with van der Waals surface area (Å²) in [6.07, 6.45) is 0. The highest BCUT2D eigenvalue weighted by Gasteiger charge is 2.31. The van der Waals surface area contributed by atoms with Crippen LogP contribution in [0.15, 0.2) is 48.5 Å². The Morgan fingerprint density at radius 3 is 2.29 bits per heavy atom. The summed E-state index contributed by atoms with van der Waals surface area (Å²) in [6, 6.07) is 14.6. The van der Waals surface area contributed by atoms with Crippen LogP contribution in [0.5, 0.6) is 0 Å². The number of carbonyl (C=O) groups is 2. The van der Waals surface area contributed by atoms with E-state index in [2.05, 4.69) is 10.00 Å². The summed E-state index contributed by atoms with van der Waals surface area (Å²) in [5.74, 6) is -0.360. The highest BCUT2D eigenvalue weighted by atomic mass is 35.5. The normalized spacial score (nSPS) is 16.1. The molecule has 10 heteroatoms. The van der Waals surface area contributed by atoms with Gasteiger partial charge in [-0.05, 0) is 30.3 Å². The van der Waals surface area contributed by atoms with Gasteiger partial charge in [0.25, 0.3) is 11.8 Å². The zero-order chi connectivity index (χ0) is 23.8. The highest BCUT2D eigenvalue weighted by molar-refractivity contribution is 6.36. The van der Waals surface area contributed by atoms with Crippen molar-refractivity contribution in [2.75, 3.05) is 37.6 Å². The number of fused-ring (bicyclic) bond motifs is 1. The Bertz CT molecular complexity index is 1230. The smallest absolute Gasteiger partial charge is 0.274 e. The first-order valence-corrected chi connectivity index (χ1v) is 12.1. The van der Waals surface area contributed by atoms with E-state index in [0.717, 1.165) is 5.69 Å². The largest absolute Gasteiger partial charge is 0.368 e. The Balaban J connectivity index is 1.26. The number of halogens is 3. The van der Waals surface area contributed by atoms with E-state index in [9.17, 15) is 9.59 Å². The topological polar surface area (TPSA) is 61.7 Å². The average molecular weight is 519 g/mol. The molecule has 1 aromatic heterocycles.